The lowest BCUT2D eigenvalue weighted by Gasteiger charge is -1.96. The monoisotopic (exact) mass is 203 g/mol. The summed E-state index contributed by atoms with van der Waals surface area (Å²) in [5.74, 6) is 0. The number of benzene rings is 1. The molecule has 0 spiro atoms. The Morgan fingerprint density at radius 3 is 2.08 bits per heavy atom. The van der Waals surface area contributed by atoms with Crippen LogP contribution in [0.25, 0.3) is 0 Å². The number of rotatable bonds is 1. The van der Waals surface area contributed by atoms with E-state index in [0.29, 0.717) is 16.5 Å². The van der Waals surface area contributed by atoms with Crippen molar-refractivity contribution in [3.05, 3.63) is 33.8 Å². The summed E-state index contributed by atoms with van der Waals surface area (Å²) in [6.45, 7) is 0. The molecule has 4 heteroatoms. The van der Waals surface area contributed by atoms with Crippen LogP contribution in [0, 0.1) is 11.3 Å². The Hall–Kier alpha value is -0.750. The van der Waals surface area contributed by atoms with Crippen molar-refractivity contribution in [3.63, 3.8) is 0 Å². The minimum atomic E-state index is 0. The van der Waals surface area contributed by atoms with E-state index >= 15 is 0 Å². The molecule has 12 heavy (non-hydrogen) atoms. The molecule has 0 bridgehead atoms. The third-order valence-electron chi connectivity index (χ3n) is 1.21. The van der Waals surface area contributed by atoms with Crippen molar-refractivity contribution < 1.29 is 5.48 Å². The van der Waals surface area contributed by atoms with Gasteiger partial charge in [0, 0.05) is 10.0 Å². The van der Waals surface area contributed by atoms with Gasteiger partial charge in [-0.2, -0.15) is 5.26 Å². The van der Waals surface area contributed by atoms with Gasteiger partial charge in [0.15, 0.2) is 0 Å². The molecule has 1 rings (SSSR count). The van der Waals surface area contributed by atoms with Crippen molar-refractivity contribution in [2.24, 2.45) is 0 Å². The van der Waals surface area contributed by atoms with Crippen LogP contribution in [0.4, 0.5) is 0 Å². The highest BCUT2D eigenvalue weighted by atomic mass is 35.5. The van der Waals surface area contributed by atoms with Crippen molar-refractivity contribution in [2.75, 3.05) is 0 Å². The summed E-state index contributed by atoms with van der Waals surface area (Å²) in [6, 6.07) is 7.13. The lowest BCUT2D eigenvalue weighted by atomic mass is 10.2. The molecule has 0 aliphatic rings. The maximum Gasteiger partial charge on any atom is 0.0669 e. The Labute approximate surface area is 80.6 Å². The maximum absolute atomic E-state index is 8.37. The summed E-state index contributed by atoms with van der Waals surface area (Å²) in [7, 11) is 0. The van der Waals surface area contributed by atoms with Gasteiger partial charge in [-0.1, -0.05) is 23.2 Å². The first-order valence-electron chi connectivity index (χ1n) is 3.04. The first kappa shape index (κ1) is 11.2. The normalized spacial score (nSPS) is 8.42. The molecule has 2 nitrogen and oxygen atoms in total. The fraction of sp³-hybridized carbons (Fsp3) is 0.125. The van der Waals surface area contributed by atoms with Crippen LogP contribution in [0.3, 0.4) is 0 Å². The molecule has 0 saturated heterocycles. The van der Waals surface area contributed by atoms with Gasteiger partial charge in [-0.05, 0) is 23.8 Å². The van der Waals surface area contributed by atoms with Gasteiger partial charge in [0.2, 0.25) is 0 Å². The molecule has 0 aromatic heterocycles. The zero-order chi connectivity index (χ0) is 8.27. The van der Waals surface area contributed by atoms with Crippen molar-refractivity contribution >= 4 is 23.2 Å². The minimum Gasteiger partial charge on any atom is -0.412 e. The average molecular weight is 204 g/mol. The zero-order valence-corrected chi connectivity index (χ0v) is 7.65. The molecule has 0 heterocycles. The van der Waals surface area contributed by atoms with E-state index in [-0.39, 0.29) is 5.48 Å². The van der Waals surface area contributed by atoms with Gasteiger partial charge in [0.1, 0.15) is 0 Å². The van der Waals surface area contributed by atoms with Crippen LogP contribution in [0.1, 0.15) is 5.56 Å². The molecule has 0 aliphatic heterocycles. The molecule has 0 atom stereocenters. The van der Waals surface area contributed by atoms with Crippen molar-refractivity contribution in [3.8, 4) is 6.07 Å². The van der Waals surface area contributed by atoms with Crippen LogP contribution in [0.15, 0.2) is 18.2 Å². The molecule has 0 radical (unpaired) electrons. The maximum atomic E-state index is 8.37. The lowest BCUT2D eigenvalue weighted by Crippen LogP contribution is -1.80. The molecule has 0 amide bonds. The molecular formula is C8H7Cl2NO. The summed E-state index contributed by atoms with van der Waals surface area (Å²) in [6.07, 6.45) is 0.347. The first-order valence-corrected chi connectivity index (χ1v) is 3.80. The highest BCUT2D eigenvalue weighted by Crippen LogP contribution is 2.18. The topological polar surface area (TPSA) is 55.3 Å². The second kappa shape index (κ2) is 5.00. The Morgan fingerprint density at radius 2 is 1.67 bits per heavy atom. The molecule has 64 valence electrons. The number of hydrogen-bond acceptors (Lipinski definition) is 1. The quantitative estimate of drug-likeness (QED) is 0.691. The lowest BCUT2D eigenvalue weighted by molar-refractivity contribution is 0.824. The van der Waals surface area contributed by atoms with Crippen LogP contribution in [-0.2, 0) is 6.42 Å². The van der Waals surface area contributed by atoms with Crippen LogP contribution in [0.5, 0.6) is 0 Å². The van der Waals surface area contributed by atoms with E-state index in [2.05, 4.69) is 0 Å². The van der Waals surface area contributed by atoms with Crippen LogP contribution >= 0.6 is 23.2 Å². The Kier molecular flexibility index (Phi) is 4.68. The van der Waals surface area contributed by atoms with Gasteiger partial charge in [-0.3, -0.25) is 0 Å². The fourth-order valence-corrected chi connectivity index (χ4v) is 1.38. The van der Waals surface area contributed by atoms with Gasteiger partial charge in [-0.25, -0.2) is 0 Å². The summed E-state index contributed by atoms with van der Waals surface area (Å²) >= 11 is 11.4. The van der Waals surface area contributed by atoms with Crippen LogP contribution < -0.4 is 0 Å². The first-order chi connectivity index (χ1) is 5.22. The van der Waals surface area contributed by atoms with Gasteiger partial charge in [-0.15, -0.1) is 0 Å². The Balaban J connectivity index is 0.00000121. The molecule has 0 aliphatic carbocycles. The predicted molar refractivity (Wildman–Crippen MR) is 49.4 cm³/mol. The average Bonchev–Trinajstić information content (AvgIpc) is 1.85. The zero-order valence-electron chi connectivity index (χ0n) is 6.14. The summed E-state index contributed by atoms with van der Waals surface area (Å²) in [5.41, 5.74) is 0.852. The number of nitriles is 1. The van der Waals surface area contributed by atoms with Crippen LogP contribution in [-0.4, -0.2) is 5.48 Å². The van der Waals surface area contributed by atoms with E-state index in [1.807, 2.05) is 6.07 Å². The number of halogens is 2. The van der Waals surface area contributed by atoms with E-state index < -0.39 is 0 Å². The van der Waals surface area contributed by atoms with Gasteiger partial charge in [0.25, 0.3) is 0 Å². The summed E-state index contributed by atoms with van der Waals surface area (Å²) < 4.78 is 0. The largest absolute Gasteiger partial charge is 0.412 e. The van der Waals surface area contributed by atoms with Crippen LogP contribution in [0.2, 0.25) is 10.0 Å². The van der Waals surface area contributed by atoms with E-state index in [0.717, 1.165) is 5.56 Å². The van der Waals surface area contributed by atoms with E-state index in [1.54, 1.807) is 18.2 Å². The van der Waals surface area contributed by atoms with Gasteiger partial charge in [0.05, 0.1) is 12.5 Å². The van der Waals surface area contributed by atoms with Crippen molar-refractivity contribution in [2.45, 2.75) is 6.42 Å². The number of nitrogens with zero attached hydrogens (tertiary/aromatic N) is 1. The SMILES string of the molecule is N#CCc1cc(Cl)cc(Cl)c1.O. The standard InChI is InChI=1S/C8H5Cl2N.H2O/c9-7-3-6(1-2-11)4-8(10)5-7;/h3-5H,1H2;1H2. The molecule has 0 fully saturated rings. The highest BCUT2D eigenvalue weighted by molar-refractivity contribution is 6.34. The predicted octanol–water partition coefficient (Wildman–Crippen LogP) is 2.23. The van der Waals surface area contributed by atoms with E-state index in [1.165, 1.54) is 0 Å². The molecule has 1 aromatic rings. The third kappa shape index (κ3) is 3.10. The molecule has 0 saturated carbocycles. The van der Waals surface area contributed by atoms with E-state index in [9.17, 15) is 0 Å². The number of hydrogen-bond donors (Lipinski definition) is 0. The molecule has 1 aromatic carbocycles. The molecular weight excluding hydrogens is 197 g/mol. The summed E-state index contributed by atoms with van der Waals surface area (Å²) in [5, 5.41) is 9.51. The van der Waals surface area contributed by atoms with Gasteiger partial charge < -0.3 is 5.48 Å². The Morgan fingerprint density at radius 1 is 1.17 bits per heavy atom. The fourth-order valence-electron chi connectivity index (χ4n) is 0.804. The van der Waals surface area contributed by atoms with Crippen molar-refractivity contribution in [1.82, 2.24) is 0 Å². The smallest absolute Gasteiger partial charge is 0.0669 e. The van der Waals surface area contributed by atoms with Crippen molar-refractivity contribution in [1.29, 1.82) is 5.26 Å². The highest BCUT2D eigenvalue weighted by Gasteiger charge is 1.96. The van der Waals surface area contributed by atoms with Gasteiger partial charge >= 0.3 is 0 Å². The van der Waals surface area contributed by atoms with E-state index in [4.69, 9.17) is 28.5 Å². The third-order valence-corrected chi connectivity index (χ3v) is 1.64. The molecule has 0 unspecified atom stereocenters. The second-order valence-electron chi connectivity index (χ2n) is 2.11. The minimum absolute atomic E-state index is 0. The summed E-state index contributed by atoms with van der Waals surface area (Å²) in [4.78, 5) is 0. The Bertz CT molecular complexity index is 286. The second-order valence-corrected chi connectivity index (χ2v) is 2.99. The molecule has 2 N–H and O–H groups in total.